The van der Waals surface area contributed by atoms with Gasteiger partial charge < -0.3 is 0 Å². The van der Waals surface area contributed by atoms with Gasteiger partial charge in [0.2, 0.25) is 0 Å². The van der Waals surface area contributed by atoms with Gasteiger partial charge in [0.25, 0.3) is 0 Å². The van der Waals surface area contributed by atoms with Crippen molar-refractivity contribution in [3.63, 3.8) is 0 Å². The summed E-state index contributed by atoms with van der Waals surface area (Å²) in [5.74, 6) is -1.30. The molecule has 110 valence electrons. The molecule has 0 unspecified atom stereocenters. The van der Waals surface area contributed by atoms with E-state index in [1.54, 1.807) is 0 Å². The van der Waals surface area contributed by atoms with E-state index in [1.165, 1.54) is 6.07 Å². The number of rotatable bonds is 2. The maximum atomic E-state index is 13.2. The molecule has 0 aromatic heterocycles. The second kappa shape index (κ2) is 5.63. The fourth-order valence-electron chi connectivity index (χ4n) is 3.11. The molecule has 1 aliphatic carbocycles. The van der Waals surface area contributed by atoms with Gasteiger partial charge >= 0.3 is 0 Å². The van der Waals surface area contributed by atoms with Crippen molar-refractivity contribution in [1.82, 2.24) is 0 Å². The van der Waals surface area contributed by atoms with Crippen LogP contribution in [0.3, 0.4) is 0 Å². The first kappa shape index (κ1) is 15.1. The largest absolute Gasteiger partial charge is 0.294 e. The number of benzene rings is 1. The lowest BCUT2D eigenvalue weighted by molar-refractivity contribution is 0.0819. The minimum atomic E-state index is -0.945. The van der Waals surface area contributed by atoms with Crippen LogP contribution in [0.2, 0.25) is 0 Å². The zero-order chi connectivity index (χ0) is 14.9. The van der Waals surface area contributed by atoms with Crippen LogP contribution in [0.4, 0.5) is 8.78 Å². The number of hydrogen-bond acceptors (Lipinski definition) is 1. The third-order valence-electron chi connectivity index (χ3n) is 4.53. The van der Waals surface area contributed by atoms with Gasteiger partial charge in [-0.1, -0.05) is 20.8 Å². The second-order valence-corrected chi connectivity index (χ2v) is 6.91. The molecule has 1 nitrogen and oxygen atoms in total. The molecule has 0 amide bonds. The van der Waals surface area contributed by atoms with Gasteiger partial charge in [0.15, 0.2) is 17.4 Å². The van der Waals surface area contributed by atoms with Crippen molar-refractivity contribution in [2.24, 2.45) is 17.3 Å². The number of ketones is 1. The van der Waals surface area contributed by atoms with Gasteiger partial charge in [0.1, 0.15) is 0 Å². The third-order valence-corrected chi connectivity index (χ3v) is 4.53. The normalized spacial score (nSPS) is 23.6. The number of carbonyl (C=O) groups is 1. The van der Waals surface area contributed by atoms with Crippen LogP contribution in [0.1, 0.15) is 56.8 Å². The van der Waals surface area contributed by atoms with E-state index in [0.29, 0.717) is 11.5 Å². The standard InChI is InChI=1S/C17H22F2O/c1-17(2,3)13-7-4-11(5-8-13)16(20)12-6-9-14(18)15(19)10-12/h6,9-11,13H,4-5,7-8H2,1-3H3. The lowest BCUT2D eigenvalue weighted by Crippen LogP contribution is -2.28. The molecule has 0 N–H and O–H groups in total. The predicted molar refractivity (Wildman–Crippen MR) is 75.6 cm³/mol. The fourth-order valence-corrected chi connectivity index (χ4v) is 3.11. The number of carbonyl (C=O) groups excluding carboxylic acids is 1. The monoisotopic (exact) mass is 280 g/mol. The van der Waals surface area contributed by atoms with Crippen LogP contribution in [0, 0.1) is 28.9 Å². The number of hydrogen-bond donors (Lipinski definition) is 0. The van der Waals surface area contributed by atoms with Gasteiger partial charge in [-0.05, 0) is 55.2 Å². The molecule has 0 aliphatic heterocycles. The Morgan fingerprint density at radius 3 is 2.15 bits per heavy atom. The number of Topliss-reactive ketones (excluding diaryl/α,β-unsaturated/α-hetero) is 1. The van der Waals surface area contributed by atoms with Crippen LogP contribution in [0.5, 0.6) is 0 Å². The zero-order valence-corrected chi connectivity index (χ0v) is 12.4. The predicted octanol–water partition coefficient (Wildman–Crippen LogP) is 5.00. The van der Waals surface area contributed by atoms with Gasteiger partial charge in [-0.25, -0.2) is 8.78 Å². The quantitative estimate of drug-likeness (QED) is 0.697. The lowest BCUT2D eigenvalue weighted by atomic mass is 9.69. The Morgan fingerprint density at radius 2 is 1.65 bits per heavy atom. The molecule has 1 fully saturated rings. The van der Waals surface area contributed by atoms with Crippen LogP contribution >= 0.6 is 0 Å². The molecule has 1 aromatic carbocycles. The molecular weight excluding hydrogens is 258 g/mol. The Morgan fingerprint density at radius 1 is 1.05 bits per heavy atom. The summed E-state index contributed by atoms with van der Waals surface area (Å²) in [6, 6.07) is 3.44. The van der Waals surface area contributed by atoms with Crippen molar-refractivity contribution in [2.45, 2.75) is 46.5 Å². The Kier molecular flexibility index (Phi) is 4.26. The van der Waals surface area contributed by atoms with Crippen LogP contribution in [-0.4, -0.2) is 5.78 Å². The Balaban J connectivity index is 2.03. The number of halogens is 2. The summed E-state index contributed by atoms with van der Waals surface area (Å²) >= 11 is 0. The van der Waals surface area contributed by atoms with E-state index in [0.717, 1.165) is 37.8 Å². The highest BCUT2D eigenvalue weighted by Crippen LogP contribution is 2.40. The van der Waals surface area contributed by atoms with Gasteiger partial charge in [-0.15, -0.1) is 0 Å². The van der Waals surface area contributed by atoms with Crippen LogP contribution in [-0.2, 0) is 0 Å². The van der Waals surface area contributed by atoms with Crippen molar-refractivity contribution in [1.29, 1.82) is 0 Å². The molecule has 1 aromatic rings. The smallest absolute Gasteiger partial charge is 0.166 e. The Hall–Kier alpha value is -1.25. The fraction of sp³-hybridized carbons (Fsp3) is 0.588. The van der Waals surface area contributed by atoms with Crippen molar-refractivity contribution in [3.05, 3.63) is 35.4 Å². The van der Waals surface area contributed by atoms with E-state index in [-0.39, 0.29) is 17.1 Å². The molecule has 2 rings (SSSR count). The summed E-state index contributed by atoms with van der Waals surface area (Å²) in [4.78, 5) is 12.3. The van der Waals surface area contributed by atoms with E-state index in [2.05, 4.69) is 20.8 Å². The van der Waals surface area contributed by atoms with Gasteiger partial charge in [0, 0.05) is 11.5 Å². The van der Waals surface area contributed by atoms with Crippen LogP contribution < -0.4 is 0 Å². The van der Waals surface area contributed by atoms with E-state index in [1.807, 2.05) is 0 Å². The SMILES string of the molecule is CC(C)(C)C1CCC(C(=O)c2ccc(F)c(F)c2)CC1. The first-order valence-electron chi connectivity index (χ1n) is 7.28. The minimum absolute atomic E-state index is 0.0431. The molecular formula is C17H22F2O. The molecule has 0 radical (unpaired) electrons. The third kappa shape index (κ3) is 3.25. The topological polar surface area (TPSA) is 17.1 Å². The van der Waals surface area contributed by atoms with Crippen molar-refractivity contribution in [3.8, 4) is 0 Å². The van der Waals surface area contributed by atoms with Crippen LogP contribution in [0.15, 0.2) is 18.2 Å². The molecule has 0 heterocycles. The highest BCUT2D eigenvalue weighted by atomic mass is 19.2. The van der Waals surface area contributed by atoms with Gasteiger partial charge in [0.05, 0.1) is 0 Å². The first-order chi connectivity index (χ1) is 9.29. The Labute approximate surface area is 119 Å². The molecule has 0 atom stereocenters. The summed E-state index contributed by atoms with van der Waals surface area (Å²) in [7, 11) is 0. The average Bonchev–Trinajstić information content (AvgIpc) is 2.40. The average molecular weight is 280 g/mol. The molecule has 1 saturated carbocycles. The molecule has 20 heavy (non-hydrogen) atoms. The molecule has 3 heteroatoms. The second-order valence-electron chi connectivity index (χ2n) is 6.91. The van der Waals surface area contributed by atoms with Crippen molar-refractivity contribution in [2.75, 3.05) is 0 Å². The van der Waals surface area contributed by atoms with Gasteiger partial charge in [-0.3, -0.25) is 4.79 Å². The molecule has 0 spiro atoms. The van der Waals surface area contributed by atoms with E-state index in [4.69, 9.17) is 0 Å². The van der Waals surface area contributed by atoms with E-state index < -0.39 is 11.6 Å². The minimum Gasteiger partial charge on any atom is -0.294 e. The van der Waals surface area contributed by atoms with E-state index in [9.17, 15) is 13.6 Å². The zero-order valence-electron chi connectivity index (χ0n) is 12.4. The molecule has 1 aliphatic rings. The van der Waals surface area contributed by atoms with Gasteiger partial charge in [-0.2, -0.15) is 0 Å². The summed E-state index contributed by atoms with van der Waals surface area (Å²) in [5, 5.41) is 0. The summed E-state index contributed by atoms with van der Waals surface area (Å²) in [5.41, 5.74) is 0.568. The van der Waals surface area contributed by atoms with Crippen molar-refractivity contribution < 1.29 is 13.6 Å². The summed E-state index contributed by atoms with van der Waals surface area (Å²) < 4.78 is 26.1. The first-order valence-corrected chi connectivity index (χ1v) is 7.28. The molecule has 0 saturated heterocycles. The van der Waals surface area contributed by atoms with E-state index >= 15 is 0 Å². The summed E-state index contributed by atoms with van der Waals surface area (Å²) in [6.07, 6.45) is 3.76. The van der Waals surface area contributed by atoms with Crippen molar-refractivity contribution >= 4 is 5.78 Å². The van der Waals surface area contributed by atoms with Crippen LogP contribution in [0.25, 0.3) is 0 Å². The Bertz CT molecular complexity index is 494. The molecule has 0 bridgehead atoms. The highest BCUT2D eigenvalue weighted by molar-refractivity contribution is 5.97. The lowest BCUT2D eigenvalue weighted by Gasteiger charge is -2.36. The highest BCUT2D eigenvalue weighted by Gasteiger charge is 2.32. The summed E-state index contributed by atoms with van der Waals surface area (Å²) in [6.45, 7) is 6.69. The maximum absolute atomic E-state index is 13.2. The maximum Gasteiger partial charge on any atom is 0.166 e.